The number of hydrogen-bond acceptors (Lipinski definition) is 9. The Labute approximate surface area is 357 Å². The van der Waals surface area contributed by atoms with Crippen LogP contribution >= 0.6 is 0 Å². The Bertz CT molecular complexity index is 2340. The van der Waals surface area contributed by atoms with Crippen molar-refractivity contribution in [3.63, 3.8) is 0 Å². The topological polar surface area (TPSA) is 133 Å². The molecule has 0 aromatic heterocycles. The molecule has 12 heteroatoms. The molecular formula is C48H61N5O5S2. The fourth-order valence-electron chi connectivity index (χ4n) is 10.5. The highest BCUT2D eigenvalue weighted by Crippen LogP contribution is 2.39. The lowest BCUT2D eigenvalue weighted by Crippen LogP contribution is -2.54. The van der Waals surface area contributed by atoms with E-state index < -0.39 is 19.7 Å². The Morgan fingerprint density at radius 2 is 1.15 bits per heavy atom. The van der Waals surface area contributed by atoms with Crippen molar-refractivity contribution in [1.29, 1.82) is 0 Å². The van der Waals surface area contributed by atoms with Crippen LogP contribution in [-0.2, 0) is 37.3 Å². The standard InChI is InChI=1S/C25H30N2O3S.C16H17NO2S.C7H14N2/c1-31(29,30)22-8-6-20(7-9-22)25-23-5-3-2-4-19(23)12-15-27(25)24(28)16-21-17-26-13-10-18(21)11-14-26;1-20(18,19)14-8-6-13(7-9-14)16-15-5-3-2-4-12(15)10-11-17-16;8-7-5-9-3-1-6(7)2-4-9/h2-9,18,21,25H,10-17H2,1H3;2-9,16-17H,10-11H2,1H3;6-7H,1-5,8H2/t21-,25+;;7-/m1.1/s1. The lowest BCUT2D eigenvalue weighted by molar-refractivity contribution is -0.136. The molecule has 0 radical (unpaired) electrons. The lowest BCUT2D eigenvalue weighted by Gasteiger charge is -2.46. The van der Waals surface area contributed by atoms with Crippen LogP contribution in [0.15, 0.2) is 107 Å². The highest BCUT2D eigenvalue weighted by Gasteiger charge is 2.38. The minimum atomic E-state index is -3.25. The number of carbonyl (C=O) groups excluding carboxylic acids is 1. The van der Waals surface area contributed by atoms with Crippen molar-refractivity contribution in [3.8, 4) is 0 Å². The van der Waals surface area contributed by atoms with E-state index >= 15 is 0 Å². The van der Waals surface area contributed by atoms with Gasteiger partial charge in [0.25, 0.3) is 0 Å². The van der Waals surface area contributed by atoms with E-state index in [1.165, 1.54) is 81.1 Å². The maximum atomic E-state index is 13.6. The van der Waals surface area contributed by atoms with Gasteiger partial charge < -0.3 is 25.8 Å². The molecule has 4 bridgehead atoms. The minimum Gasteiger partial charge on any atom is -0.331 e. The summed E-state index contributed by atoms with van der Waals surface area (Å²) in [7, 11) is -6.38. The normalized spacial score (nSPS) is 27.9. The summed E-state index contributed by atoms with van der Waals surface area (Å²) in [5.74, 6) is 2.22. The number of hydrogen-bond donors (Lipinski definition) is 2. The third-order valence-electron chi connectivity index (χ3n) is 13.9. The molecule has 8 aliphatic heterocycles. The van der Waals surface area contributed by atoms with Gasteiger partial charge in [0.2, 0.25) is 5.91 Å². The third-order valence-corrected chi connectivity index (χ3v) is 16.2. The number of nitrogens with one attached hydrogen (secondary N) is 1. The molecule has 0 saturated carbocycles. The van der Waals surface area contributed by atoms with Crippen LogP contribution < -0.4 is 11.1 Å². The van der Waals surface area contributed by atoms with Crippen molar-refractivity contribution >= 4 is 25.6 Å². The van der Waals surface area contributed by atoms with Crippen LogP contribution in [0.3, 0.4) is 0 Å². The average Bonchev–Trinajstić information content (AvgIpc) is 3.26. The van der Waals surface area contributed by atoms with Gasteiger partial charge in [0.15, 0.2) is 19.7 Å². The second-order valence-corrected chi connectivity index (χ2v) is 21.9. The molecule has 1 unspecified atom stereocenters. The maximum absolute atomic E-state index is 13.6. The van der Waals surface area contributed by atoms with Gasteiger partial charge in [0.05, 0.1) is 21.9 Å². The first-order valence-corrected chi connectivity index (χ1v) is 25.6. The van der Waals surface area contributed by atoms with E-state index in [2.05, 4.69) is 45.4 Å². The van der Waals surface area contributed by atoms with Gasteiger partial charge >= 0.3 is 0 Å². The van der Waals surface area contributed by atoms with Gasteiger partial charge in [-0.05, 0) is 140 Å². The second-order valence-electron chi connectivity index (χ2n) is 17.9. The summed E-state index contributed by atoms with van der Waals surface area (Å²) in [5.41, 5.74) is 13.0. The predicted octanol–water partition coefficient (Wildman–Crippen LogP) is 5.66. The molecule has 60 heavy (non-hydrogen) atoms. The molecule has 8 aliphatic rings. The molecular weight excluding hydrogens is 791 g/mol. The molecule has 6 saturated heterocycles. The summed E-state index contributed by atoms with van der Waals surface area (Å²) in [4.78, 5) is 21.3. The average molecular weight is 852 g/mol. The van der Waals surface area contributed by atoms with Gasteiger partial charge in [-0.3, -0.25) is 4.79 Å². The minimum absolute atomic E-state index is 0.147. The van der Waals surface area contributed by atoms with Gasteiger partial charge in [-0.1, -0.05) is 72.8 Å². The van der Waals surface area contributed by atoms with Crippen molar-refractivity contribution in [1.82, 2.24) is 20.0 Å². The zero-order chi connectivity index (χ0) is 42.0. The van der Waals surface area contributed by atoms with Crippen LogP contribution in [0.1, 0.15) is 77.6 Å². The number of rotatable bonds is 6. The first kappa shape index (κ1) is 42.8. The molecule has 6 fully saturated rings. The number of fused-ring (bicyclic) bond motifs is 8. The van der Waals surface area contributed by atoms with Gasteiger partial charge in [-0.2, -0.15) is 0 Å². The molecule has 4 aromatic carbocycles. The molecule has 0 spiro atoms. The number of benzene rings is 4. The van der Waals surface area contributed by atoms with Crippen LogP contribution in [0.2, 0.25) is 0 Å². The number of amides is 1. The molecule has 3 N–H and O–H groups in total. The van der Waals surface area contributed by atoms with Crippen LogP contribution in [0.5, 0.6) is 0 Å². The second kappa shape index (κ2) is 18.2. The molecule has 1 amide bonds. The molecule has 320 valence electrons. The number of nitrogens with two attached hydrogens (primary N) is 1. The van der Waals surface area contributed by atoms with E-state index in [1.807, 2.05) is 47.4 Å². The summed E-state index contributed by atoms with van der Waals surface area (Å²) >= 11 is 0. The van der Waals surface area contributed by atoms with Gasteiger partial charge in [0.1, 0.15) is 0 Å². The number of sulfone groups is 2. The van der Waals surface area contributed by atoms with Crippen molar-refractivity contribution in [3.05, 3.63) is 130 Å². The van der Waals surface area contributed by atoms with Crippen molar-refractivity contribution in [2.45, 2.75) is 72.9 Å². The molecule has 4 atom stereocenters. The first-order chi connectivity index (χ1) is 28.8. The summed E-state index contributed by atoms with van der Waals surface area (Å²) in [6.45, 7) is 8.82. The quantitative estimate of drug-likeness (QED) is 0.252. The largest absolute Gasteiger partial charge is 0.331 e. The highest BCUT2D eigenvalue weighted by molar-refractivity contribution is 7.91. The maximum Gasteiger partial charge on any atom is 0.223 e. The van der Waals surface area contributed by atoms with E-state index in [0.29, 0.717) is 40.6 Å². The van der Waals surface area contributed by atoms with E-state index in [9.17, 15) is 21.6 Å². The summed E-state index contributed by atoms with van der Waals surface area (Å²) in [6.07, 6.45) is 10.1. The SMILES string of the molecule is CS(=O)(=O)c1ccc(C2NCCc3ccccc32)cc1.CS(=O)(=O)c1ccc([C@H]2c3ccccc3CCN2C(=O)C[C@@H]2CN3CCC2CC3)cc1.N[C@@H]1CN2CCC1CC2. The monoisotopic (exact) mass is 851 g/mol. The third kappa shape index (κ3) is 9.74. The van der Waals surface area contributed by atoms with Crippen molar-refractivity contribution in [2.24, 2.45) is 23.5 Å². The Morgan fingerprint density at radius 1 is 0.633 bits per heavy atom. The fourth-order valence-corrected chi connectivity index (χ4v) is 11.7. The van der Waals surface area contributed by atoms with Gasteiger partial charge in [0, 0.05) is 51.2 Å². The molecule has 10 nitrogen and oxygen atoms in total. The van der Waals surface area contributed by atoms with E-state index in [-0.39, 0.29) is 18.0 Å². The molecule has 0 aliphatic carbocycles. The number of carbonyl (C=O) groups is 1. The smallest absolute Gasteiger partial charge is 0.223 e. The zero-order valence-electron chi connectivity index (χ0n) is 35.1. The van der Waals surface area contributed by atoms with Gasteiger partial charge in [-0.25, -0.2) is 16.8 Å². The Kier molecular flexibility index (Phi) is 13.0. The van der Waals surface area contributed by atoms with E-state index in [0.717, 1.165) is 55.1 Å². The Hall–Kier alpha value is -3.91. The predicted molar refractivity (Wildman–Crippen MR) is 237 cm³/mol. The van der Waals surface area contributed by atoms with Gasteiger partial charge in [-0.15, -0.1) is 0 Å². The van der Waals surface area contributed by atoms with Crippen molar-refractivity contribution < 1.29 is 21.6 Å². The first-order valence-electron chi connectivity index (χ1n) is 21.8. The number of piperidine rings is 6. The zero-order valence-corrected chi connectivity index (χ0v) is 36.7. The Balaban J connectivity index is 0.000000145. The van der Waals surface area contributed by atoms with E-state index in [1.54, 1.807) is 24.3 Å². The van der Waals surface area contributed by atoms with Crippen LogP contribution in [-0.4, -0.2) is 108 Å². The summed E-state index contributed by atoms with van der Waals surface area (Å²) in [5, 5.41) is 3.50. The number of nitrogens with zero attached hydrogens (tertiary/aromatic N) is 3. The molecule has 8 heterocycles. The van der Waals surface area contributed by atoms with E-state index in [4.69, 9.17) is 5.73 Å². The molecule has 4 aromatic rings. The fraction of sp³-hybridized carbons (Fsp3) is 0.479. The van der Waals surface area contributed by atoms with Crippen LogP contribution in [0, 0.1) is 17.8 Å². The summed E-state index contributed by atoms with van der Waals surface area (Å²) in [6, 6.07) is 31.5. The summed E-state index contributed by atoms with van der Waals surface area (Å²) < 4.78 is 46.8. The van der Waals surface area contributed by atoms with Crippen molar-refractivity contribution in [2.75, 3.05) is 64.9 Å². The lowest BCUT2D eigenvalue weighted by atomic mass is 9.77. The highest BCUT2D eigenvalue weighted by atomic mass is 32.2. The molecule has 12 rings (SSSR count). The van der Waals surface area contributed by atoms with Crippen LogP contribution in [0.4, 0.5) is 0 Å². The Morgan fingerprint density at radius 3 is 1.65 bits per heavy atom. The van der Waals surface area contributed by atoms with Crippen LogP contribution in [0.25, 0.3) is 0 Å².